The van der Waals surface area contributed by atoms with Gasteiger partial charge in [-0.1, -0.05) is 0 Å². The van der Waals surface area contributed by atoms with Crippen LogP contribution in [-0.2, 0) is 9.59 Å². The van der Waals surface area contributed by atoms with E-state index in [0.717, 1.165) is 12.6 Å². The number of anilines is 1. The van der Waals surface area contributed by atoms with E-state index in [0.29, 0.717) is 30.2 Å². The molecule has 0 aromatic carbocycles. The molecule has 1 aliphatic rings. The predicted octanol–water partition coefficient (Wildman–Crippen LogP) is 0.545. The molecule has 3 heterocycles. The fourth-order valence-electron chi connectivity index (χ4n) is 2.65. The van der Waals surface area contributed by atoms with Gasteiger partial charge < -0.3 is 15.6 Å². The van der Waals surface area contributed by atoms with E-state index in [4.69, 9.17) is 5.41 Å². The number of carbonyl (C=O) groups excluding carboxylic acids is 2. The number of hydrogen-bond acceptors (Lipinski definition) is 6. The molecule has 130 valence electrons. The lowest BCUT2D eigenvalue weighted by atomic mass is 10.00. The van der Waals surface area contributed by atoms with Crippen LogP contribution in [0.4, 0.5) is 5.69 Å². The highest BCUT2D eigenvalue weighted by atomic mass is 16.2. The van der Waals surface area contributed by atoms with Crippen molar-refractivity contribution < 1.29 is 9.59 Å². The number of rotatable bonds is 5. The Balaban J connectivity index is 1.78. The minimum Gasteiger partial charge on any atom is -0.342 e. The second kappa shape index (κ2) is 6.80. The van der Waals surface area contributed by atoms with E-state index >= 15 is 0 Å². The third-order valence-corrected chi connectivity index (χ3v) is 4.07. The van der Waals surface area contributed by atoms with Crippen molar-refractivity contribution in [3.63, 3.8) is 0 Å². The van der Waals surface area contributed by atoms with Crippen molar-refractivity contribution in [3.05, 3.63) is 24.2 Å². The van der Waals surface area contributed by atoms with Gasteiger partial charge in [0.05, 0.1) is 0 Å². The smallest absolute Gasteiger partial charge is 0.270 e. The van der Waals surface area contributed by atoms with Gasteiger partial charge in [-0.25, -0.2) is 9.50 Å². The molecule has 2 N–H and O–H groups in total. The van der Waals surface area contributed by atoms with Gasteiger partial charge in [-0.05, 0) is 19.4 Å². The SMILES string of the molecule is CN=C(C(=O)Nc1ccn2nc(C)nc2c1)C(C=N)C(=O)N1CCC1. The van der Waals surface area contributed by atoms with Gasteiger partial charge >= 0.3 is 0 Å². The lowest BCUT2D eigenvalue weighted by Gasteiger charge is -2.33. The molecule has 1 aliphatic heterocycles. The highest BCUT2D eigenvalue weighted by Gasteiger charge is 2.33. The molecule has 1 unspecified atom stereocenters. The van der Waals surface area contributed by atoms with Gasteiger partial charge in [0, 0.05) is 44.3 Å². The van der Waals surface area contributed by atoms with E-state index in [1.165, 1.54) is 7.05 Å². The van der Waals surface area contributed by atoms with Crippen molar-refractivity contribution in [2.45, 2.75) is 13.3 Å². The van der Waals surface area contributed by atoms with Crippen LogP contribution in [-0.4, -0.2) is 63.4 Å². The number of nitrogens with one attached hydrogen (secondary N) is 2. The summed E-state index contributed by atoms with van der Waals surface area (Å²) in [4.78, 5) is 34.8. The van der Waals surface area contributed by atoms with Gasteiger partial charge in [-0.2, -0.15) is 5.10 Å². The Labute approximate surface area is 144 Å². The van der Waals surface area contributed by atoms with Crippen molar-refractivity contribution in [1.29, 1.82) is 5.41 Å². The second-order valence-corrected chi connectivity index (χ2v) is 5.76. The maximum Gasteiger partial charge on any atom is 0.270 e. The third kappa shape index (κ3) is 3.25. The average Bonchev–Trinajstić information content (AvgIpc) is 2.89. The van der Waals surface area contributed by atoms with E-state index in [2.05, 4.69) is 20.4 Å². The zero-order chi connectivity index (χ0) is 18.0. The first kappa shape index (κ1) is 16.7. The van der Waals surface area contributed by atoms with Crippen LogP contribution < -0.4 is 5.32 Å². The molecule has 25 heavy (non-hydrogen) atoms. The summed E-state index contributed by atoms with van der Waals surface area (Å²) in [5, 5.41) is 14.4. The minimum atomic E-state index is -0.968. The zero-order valence-electron chi connectivity index (χ0n) is 14.1. The van der Waals surface area contributed by atoms with E-state index in [9.17, 15) is 9.59 Å². The van der Waals surface area contributed by atoms with Gasteiger partial charge in [0.2, 0.25) is 5.91 Å². The largest absolute Gasteiger partial charge is 0.342 e. The Kier molecular flexibility index (Phi) is 4.55. The Morgan fingerprint density at radius 1 is 1.44 bits per heavy atom. The summed E-state index contributed by atoms with van der Waals surface area (Å²) in [6.45, 7) is 3.10. The van der Waals surface area contributed by atoms with Crippen LogP contribution in [0.1, 0.15) is 12.2 Å². The number of nitrogens with zero attached hydrogens (tertiary/aromatic N) is 5. The van der Waals surface area contributed by atoms with Crippen LogP contribution in [0.25, 0.3) is 5.65 Å². The molecule has 0 bridgehead atoms. The fourth-order valence-corrected chi connectivity index (χ4v) is 2.65. The summed E-state index contributed by atoms with van der Waals surface area (Å²) in [7, 11) is 1.44. The van der Waals surface area contributed by atoms with Crippen LogP contribution in [0.3, 0.4) is 0 Å². The van der Waals surface area contributed by atoms with Crippen molar-refractivity contribution in [1.82, 2.24) is 19.5 Å². The van der Waals surface area contributed by atoms with Crippen molar-refractivity contribution >= 4 is 35.1 Å². The van der Waals surface area contributed by atoms with Crippen molar-refractivity contribution in [3.8, 4) is 0 Å². The van der Waals surface area contributed by atoms with Crippen LogP contribution >= 0.6 is 0 Å². The number of carbonyl (C=O) groups is 2. The Hall–Kier alpha value is -3.10. The maximum atomic E-state index is 12.6. The quantitative estimate of drug-likeness (QED) is 0.772. The number of pyridine rings is 1. The van der Waals surface area contributed by atoms with Gasteiger partial charge in [0.25, 0.3) is 5.91 Å². The van der Waals surface area contributed by atoms with Crippen molar-refractivity contribution in [2.75, 3.05) is 25.5 Å². The Bertz CT molecular complexity index is 866. The van der Waals surface area contributed by atoms with Crippen LogP contribution in [0.5, 0.6) is 0 Å². The molecular weight excluding hydrogens is 322 g/mol. The monoisotopic (exact) mass is 341 g/mol. The fraction of sp³-hybridized carbons (Fsp3) is 0.375. The number of aromatic nitrogens is 3. The molecule has 2 aromatic heterocycles. The molecule has 0 radical (unpaired) electrons. The molecule has 3 rings (SSSR count). The molecule has 0 aliphatic carbocycles. The van der Waals surface area contributed by atoms with Gasteiger partial charge in [-0.3, -0.25) is 14.6 Å². The summed E-state index contributed by atoms with van der Waals surface area (Å²) in [5.74, 6) is -1.11. The Morgan fingerprint density at radius 2 is 2.20 bits per heavy atom. The standard InChI is InChI=1S/C16H19N7O2/c1-10-19-13-8-11(4-7-23(13)21-10)20-15(24)14(18-2)12(9-17)16(25)22-5-3-6-22/h4,7-9,12,17H,3,5-6H2,1-2H3,(H,20,24). The zero-order valence-corrected chi connectivity index (χ0v) is 14.1. The molecule has 1 saturated heterocycles. The van der Waals surface area contributed by atoms with Crippen LogP contribution in [0, 0.1) is 18.3 Å². The minimum absolute atomic E-state index is 0.0180. The highest BCUT2D eigenvalue weighted by Crippen LogP contribution is 2.15. The number of hydrogen-bond donors (Lipinski definition) is 2. The summed E-state index contributed by atoms with van der Waals surface area (Å²) in [6.07, 6.45) is 3.60. The van der Waals surface area contributed by atoms with Crippen molar-refractivity contribution in [2.24, 2.45) is 10.9 Å². The lowest BCUT2D eigenvalue weighted by molar-refractivity contribution is -0.135. The average molecular weight is 341 g/mol. The third-order valence-electron chi connectivity index (χ3n) is 4.07. The summed E-state index contributed by atoms with van der Waals surface area (Å²) in [6, 6.07) is 3.37. The normalized spacial score (nSPS) is 15.6. The predicted molar refractivity (Wildman–Crippen MR) is 93.2 cm³/mol. The van der Waals surface area contributed by atoms with E-state index < -0.39 is 11.8 Å². The number of aryl methyl sites for hydroxylation is 1. The van der Waals surface area contributed by atoms with E-state index in [1.807, 2.05) is 0 Å². The molecule has 0 spiro atoms. The molecule has 9 nitrogen and oxygen atoms in total. The summed E-state index contributed by atoms with van der Waals surface area (Å²) < 4.78 is 1.60. The molecule has 9 heteroatoms. The molecule has 2 aromatic rings. The molecular formula is C16H19N7O2. The number of fused-ring (bicyclic) bond motifs is 1. The summed E-state index contributed by atoms with van der Waals surface area (Å²) >= 11 is 0. The first-order valence-electron chi connectivity index (χ1n) is 7.94. The lowest BCUT2D eigenvalue weighted by Crippen LogP contribution is -2.49. The number of amides is 2. The van der Waals surface area contributed by atoms with E-state index in [-0.39, 0.29) is 11.6 Å². The first-order valence-corrected chi connectivity index (χ1v) is 7.94. The van der Waals surface area contributed by atoms with Gasteiger partial charge in [0.1, 0.15) is 17.5 Å². The number of aliphatic imine (C=N–C) groups is 1. The maximum absolute atomic E-state index is 12.6. The topological polar surface area (TPSA) is 116 Å². The van der Waals surface area contributed by atoms with Gasteiger partial charge in [0.15, 0.2) is 5.65 Å². The highest BCUT2D eigenvalue weighted by molar-refractivity contribution is 6.49. The van der Waals surface area contributed by atoms with Crippen LogP contribution in [0.2, 0.25) is 0 Å². The number of likely N-dealkylation sites (tertiary alicyclic amines) is 1. The first-order chi connectivity index (χ1) is 12.0. The molecule has 1 atom stereocenters. The van der Waals surface area contributed by atoms with Crippen LogP contribution in [0.15, 0.2) is 23.3 Å². The van der Waals surface area contributed by atoms with E-state index in [1.54, 1.807) is 34.7 Å². The summed E-state index contributed by atoms with van der Waals surface area (Å²) in [5.41, 5.74) is 1.14. The molecule has 2 amide bonds. The molecule has 0 saturated carbocycles. The molecule has 1 fully saturated rings. The van der Waals surface area contributed by atoms with Gasteiger partial charge in [-0.15, -0.1) is 0 Å². The second-order valence-electron chi connectivity index (χ2n) is 5.76. The Morgan fingerprint density at radius 3 is 2.80 bits per heavy atom.